The van der Waals surface area contributed by atoms with E-state index in [9.17, 15) is 0 Å². The molecule has 0 saturated carbocycles. The molecule has 3 rings (SSSR count). The first-order valence-electron chi connectivity index (χ1n) is 6.84. The zero-order chi connectivity index (χ0) is 13.9. The Kier molecular flexibility index (Phi) is 3.41. The first kappa shape index (κ1) is 12.7. The van der Waals surface area contributed by atoms with Gasteiger partial charge in [-0.2, -0.15) is 5.26 Å². The van der Waals surface area contributed by atoms with Gasteiger partial charge in [0.25, 0.3) is 0 Å². The average molecular weight is 263 g/mol. The predicted octanol–water partition coefficient (Wildman–Crippen LogP) is 2.70. The van der Waals surface area contributed by atoms with Crippen molar-refractivity contribution in [2.45, 2.75) is 19.5 Å². The van der Waals surface area contributed by atoms with Crippen molar-refractivity contribution >= 4 is 5.69 Å². The highest BCUT2D eigenvalue weighted by Gasteiger charge is 2.18. The molecule has 3 nitrogen and oxygen atoms in total. The lowest BCUT2D eigenvalue weighted by molar-refractivity contribution is 0.245. The normalized spacial score (nSPS) is 14.6. The van der Waals surface area contributed by atoms with Crippen LogP contribution in [0.15, 0.2) is 42.5 Å². The van der Waals surface area contributed by atoms with Crippen molar-refractivity contribution in [1.82, 2.24) is 4.90 Å². The summed E-state index contributed by atoms with van der Waals surface area (Å²) in [7, 11) is 0. The quantitative estimate of drug-likeness (QED) is 0.848. The molecule has 20 heavy (non-hydrogen) atoms. The van der Waals surface area contributed by atoms with Gasteiger partial charge in [-0.3, -0.25) is 4.90 Å². The Hall–Kier alpha value is -2.31. The van der Waals surface area contributed by atoms with Gasteiger partial charge in [0.1, 0.15) is 0 Å². The largest absolute Gasteiger partial charge is 0.398 e. The molecule has 0 saturated heterocycles. The molecule has 0 unspecified atom stereocenters. The van der Waals surface area contributed by atoms with E-state index in [2.05, 4.69) is 17.0 Å². The van der Waals surface area contributed by atoms with Crippen LogP contribution in [-0.4, -0.2) is 11.4 Å². The number of hydrogen-bond donors (Lipinski definition) is 1. The molecule has 2 N–H and O–H groups in total. The molecule has 0 aromatic heterocycles. The summed E-state index contributed by atoms with van der Waals surface area (Å²) in [5.74, 6) is 0. The van der Waals surface area contributed by atoms with Crippen LogP contribution in [-0.2, 0) is 19.5 Å². The van der Waals surface area contributed by atoms with Gasteiger partial charge >= 0.3 is 0 Å². The first-order chi connectivity index (χ1) is 9.78. The van der Waals surface area contributed by atoms with E-state index in [1.807, 2.05) is 36.4 Å². The summed E-state index contributed by atoms with van der Waals surface area (Å²) >= 11 is 0. The van der Waals surface area contributed by atoms with Crippen LogP contribution in [0.4, 0.5) is 5.69 Å². The minimum atomic E-state index is 0.769. The van der Waals surface area contributed by atoms with Crippen molar-refractivity contribution in [2.75, 3.05) is 12.3 Å². The fourth-order valence-electron chi connectivity index (χ4n) is 2.84. The topological polar surface area (TPSA) is 53.0 Å². The molecule has 0 aliphatic carbocycles. The van der Waals surface area contributed by atoms with E-state index in [1.54, 1.807) is 0 Å². The highest BCUT2D eigenvalue weighted by Crippen LogP contribution is 2.25. The summed E-state index contributed by atoms with van der Waals surface area (Å²) in [4.78, 5) is 2.37. The fourth-order valence-corrected chi connectivity index (χ4v) is 2.84. The van der Waals surface area contributed by atoms with Crippen molar-refractivity contribution in [3.63, 3.8) is 0 Å². The van der Waals surface area contributed by atoms with E-state index in [1.165, 1.54) is 11.1 Å². The molecule has 1 heterocycles. The van der Waals surface area contributed by atoms with Crippen LogP contribution in [0.5, 0.6) is 0 Å². The third-order valence-electron chi connectivity index (χ3n) is 3.91. The van der Waals surface area contributed by atoms with Gasteiger partial charge in [0.05, 0.1) is 11.6 Å². The van der Waals surface area contributed by atoms with Gasteiger partial charge in [-0.1, -0.05) is 30.3 Å². The Morgan fingerprint density at radius 2 is 2.00 bits per heavy atom. The number of nitrogens with zero attached hydrogens (tertiary/aromatic N) is 2. The summed E-state index contributed by atoms with van der Waals surface area (Å²) in [5, 5.41) is 9.16. The molecule has 1 aliphatic rings. The van der Waals surface area contributed by atoms with Gasteiger partial charge < -0.3 is 5.73 Å². The summed E-state index contributed by atoms with van der Waals surface area (Å²) in [5.41, 5.74) is 11.4. The number of hydrogen-bond acceptors (Lipinski definition) is 3. The number of rotatable bonds is 2. The van der Waals surface area contributed by atoms with Gasteiger partial charge in [-0.15, -0.1) is 0 Å². The summed E-state index contributed by atoms with van der Waals surface area (Å²) in [6.07, 6.45) is 0.983. The number of fused-ring (bicyclic) bond motifs is 1. The first-order valence-corrected chi connectivity index (χ1v) is 6.84. The van der Waals surface area contributed by atoms with Crippen LogP contribution in [0.2, 0.25) is 0 Å². The molecule has 0 bridgehead atoms. The maximum Gasteiger partial charge on any atom is 0.0995 e. The van der Waals surface area contributed by atoms with Crippen molar-refractivity contribution in [3.05, 3.63) is 64.7 Å². The van der Waals surface area contributed by atoms with Crippen molar-refractivity contribution in [2.24, 2.45) is 0 Å². The van der Waals surface area contributed by atoms with Crippen LogP contribution in [0.25, 0.3) is 0 Å². The van der Waals surface area contributed by atoms with E-state index in [4.69, 9.17) is 11.0 Å². The molecule has 3 heteroatoms. The molecule has 100 valence electrons. The number of nitrogen functional groups attached to an aromatic ring is 1. The van der Waals surface area contributed by atoms with Crippen molar-refractivity contribution in [3.8, 4) is 6.07 Å². The molecule has 0 spiro atoms. The minimum Gasteiger partial charge on any atom is -0.398 e. The van der Waals surface area contributed by atoms with Crippen molar-refractivity contribution in [1.29, 1.82) is 5.26 Å². The molecule has 0 fully saturated rings. The smallest absolute Gasteiger partial charge is 0.0995 e. The monoisotopic (exact) mass is 263 g/mol. The third kappa shape index (κ3) is 2.38. The van der Waals surface area contributed by atoms with E-state index in [-0.39, 0.29) is 0 Å². The SMILES string of the molecule is N#Cc1ccccc1CN1CCc2c(N)cccc2C1. The van der Waals surface area contributed by atoms with E-state index in [0.29, 0.717) is 0 Å². The van der Waals surface area contributed by atoms with Crippen LogP contribution >= 0.6 is 0 Å². The van der Waals surface area contributed by atoms with Gasteiger partial charge in [0.15, 0.2) is 0 Å². The highest BCUT2D eigenvalue weighted by atomic mass is 15.1. The van der Waals surface area contributed by atoms with Gasteiger partial charge in [0.2, 0.25) is 0 Å². The molecular formula is C17H17N3. The number of nitriles is 1. The number of anilines is 1. The Morgan fingerprint density at radius 3 is 2.85 bits per heavy atom. The molecule has 0 radical (unpaired) electrons. The lowest BCUT2D eigenvalue weighted by Gasteiger charge is -2.29. The second-order valence-corrected chi connectivity index (χ2v) is 5.21. The molecule has 2 aromatic carbocycles. The van der Waals surface area contributed by atoms with E-state index in [0.717, 1.165) is 42.9 Å². The Labute approximate surface area is 119 Å². The maximum atomic E-state index is 9.16. The maximum absolute atomic E-state index is 9.16. The standard InChI is InChI=1S/C17H17N3/c18-10-13-4-1-2-5-14(13)11-20-9-8-16-15(12-20)6-3-7-17(16)19/h1-7H,8-9,11-12,19H2. The molecular weight excluding hydrogens is 246 g/mol. The van der Waals surface area contributed by atoms with E-state index >= 15 is 0 Å². The van der Waals surface area contributed by atoms with Crippen molar-refractivity contribution < 1.29 is 0 Å². The Balaban J connectivity index is 1.80. The fraction of sp³-hybridized carbons (Fsp3) is 0.235. The minimum absolute atomic E-state index is 0.769. The summed E-state index contributed by atoms with van der Waals surface area (Å²) in [6, 6.07) is 16.2. The zero-order valence-electron chi connectivity index (χ0n) is 11.3. The Bertz CT molecular complexity index is 670. The van der Waals surface area contributed by atoms with Crippen LogP contribution in [0.1, 0.15) is 22.3 Å². The number of nitrogens with two attached hydrogens (primary N) is 1. The second kappa shape index (κ2) is 5.36. The predicted molar refractivity (Wildman–Crippen MR) is 79.8 cm³/mol. The lowest BCUT2D eigenvalue weighted by atomic mass is 9.97. The molecule has 2 aromatic rings. The highest BCUT2D eigenvalue weighted by molar-refractivity contribution is 5.52. The van der Waals surface area contributed by atoms with E-state index < -0.39 is 0 Å². The number of benzene rings is 2. The summed E-state index contributed by atoms with van der Waals surface area (Å²) in [6.45, 7) is 2.71. The van der Waals surface area contributed by atoms with Crippen LogP contribution in [0, 0.1) is 11.3 Å². The Morgan fingerprint density at radius 1 is 1.15 bits per heavy atom. The van der Waals surface area contributed by atoms with Crippen LogP contribution in [0.3, 0.4) is 0 Å². The lowest BCUT2D eigenvalue weighted by Crippen LogP contribution is -2.30. The zero-order valence-corrected chi connectivity index (χ0v) is 11.3. The third-order valence-corrected chi connectivity index (χ3v) is 3.91. The van der Waals surface area contributed by atoms with Crippen LogP contribution < -0.4 is 5.73 Å². The molecule has 0 atom stereocenters. The van der Waals surface area contributed by atoms with Gasteiger partial charge in [-0.25, -0.2) is 0 Å². The van der Waals surface area contributed by atoms with Gasteiger partial charge in [-0.05, 0) is 35.2 Å². The molecule has 0 amide bonds. The second-order valence-electron chi connectivity index (χ2n) is 5.21. The van der Waals surface area contributed by atoms with Gasteiger partial charge in [0, 0.05) is 25.3 Å². The average Bonchev–Trinajstić information content (AvgIpc) is 2.48. The molecule has 1 aliphatic heterocycles. The summed E-state index contributed by atoms with van der Waals surface area (Å²) < 4.78 is 0.